The molecule has 1 aromatic heterocycles. The average molecular weight is 399 g/mol. The SMILES string of the molecule is CN([C@@H]1CCCc2[nH]ncc21)S(=O)(=O)c1cc(C2CC2)cc(C(F)(F)F)c1. The van der Waals surface area contributed by atoms with Gasteiger partial charge in [0.25, 0.3) is 0 Å². The lowest BCUT2D eigenvalue weighted by atomic mass is 9.93. The minimum absolute atomic E-state index is 0.0155. The molecule has 0 unspecified atom stereocenters. The van der Waals surface area contributed by atoms with Gasteiger partial charge in [-0.05, 0) is 61.8 Å². The van der Waals surface area contributed by atoms with Crippen molar-refractivity contribution in [3.63, 3.8) is 0 Å². The summed E-state index contributed by atoms with van der Waals surface area (Å²) < 4.78 is 67.4. The van der Waals surface area contributed by atoms with Crippen molar-refractivity contribution < 1.29 is 21.6 Å². The zero-order chi connectivity index (χ0) is 19.4. The molecular weight excluding hydrogens is 379 g/mol. The number of alkyl halides is 3. The second-order valence-electron chi connectivity index (χ2n) is 7.30. The van der Waals surface area contributed by atoms with Gasteiger partial charge in [-0.2, -0.15) is 22.6 Å². The topological polar surface area (TPSA) is 66.1 Å². The Hall–Kier alpha value is -1.87. The number of hydrogen-bond donors (Lipinski definition) is 1. The molecule has 0 saturated heterocycles. The van der Waals surface area contributed by atoms with Gasteiger partial charge in [0.05, 0.1) is 22.7 Å². The highest BCUT2D eigenvalue weighted by Crippen LogP contribution is 2.44. The lowest BCUT2D eigenvalue weighted by Gasteiger charge is -2.30. The van der Waals surface area contributed by atoms with Crippen LogP contribution in [0.25, 0.3) is 0 Å². The number of hydrogen-bond acceptors (Lipinski definition) is 3. The maximum absolute atomic E-state index is 13.3. The van der Waals surface area contributed by atoms with Gasteiger partial charge in [-0.15, -0.1) is 0 Å². The molecule has 1 N–H and O–H groups in total. The predicted octanol–water partition coefficient (Wildman–Crippen LogP) is 4.00. The minimum atomic E-state index is -4.59. The number of benzene rings is 1. The van der Waals surface area contributed by atoms with Gasteiger partial charge in [0.2, 0.25) is 10.0 Å². The molecular formula is C18H20F3N3O2S. The monoisotopic (exact) mass is 399 g/mol. The maximum atomic E-state index is 13.3. The zero-order valence-corrected chi connectivity index (χ0v) is 15.6. The van der Waals surface area contributed by atoms with Crippen molar-refractivity contribution in [1.29, 1.82) is 0 Å². The third-order valence-electron chi connectivity index (χ3n) is 5.44. The van der Waals surface area contributed by atoms with Crippen LogP contribution in [0.5, 0.6) is 0 Å². The fourth-order valence-electron chi connectivity index (χ4n) is 3.74. The van der Waals surface area contributed by atoms with Crippen LogP contribution in [0.3, 0.4) is 0 Å². The second kappa shape index (κ2) is 6.34. The number of fused-ring (bicyclic) bond motifs is 1. The van der Waals surface area contributed by atoms with E-state index in [2.05, 4.69) is 10.2 Å². The second-order valence-corrected chi connectivity index (χ2v) is 9.29. The number of aromatic nitrogens is 2. The quantitative estimate of drug-likeness (QED) is 0.845. The van der Waals surface area contributed by atoms with E-state index in [4.69, 9.17) is 0 Å². The lowest BCUT2D eigenvalue weighted by molar-refractivity contribution is -0.137. The molecule has 2 aliphatic carbocycles. The van der Waals surface area contributed by atoms with Crippen molar-refractivity contribution in [2.45, 2.75) is 55.1 Å². The van der Waals surface area contributed by atoms with Crippen LogP contribution < -0.4 is 0 Å². The van der Waals surface area contributed by atoms with Crippen LogP contribution in [0.4, 0.5) is 13.2 Å². The van der Waals surface area contributed by atoms with Crippen molar-refractivity contribution in [2.75, 3.05) is 7.05 Å². The Morgan fingerprint density at radius 3 is 2.59 bits per heavy atom. The summed E-state index contributed by atoms with van der Waals surface area (Å²) in [5, 5.41) is 6.86. The molecule has 0 spiro atoms. The van der Waals surface area contributed by atoms with Crippen LogP contribution >= 0.6 is 0 Å². The van der Waals surface area contributed by atoms with Crippen LogP contribution in [0.2, 0.25) is 0 Å². The van der Waals surface area contributed by atoms with E-state index in [-0.39, 0.29) is 10.8 Å². The molecule has 4 rings (SSSR count). The smallest absolute Gasteiger partial charge is 0.282 e. The van der Waals surface area contributed by atoms with Gasteiger partial charge in [-0.1, -0.05) is 0 Å². The molecule has 2 aliphatic rings. The van der Waals surface area contributed by atoms with Gasteiger partial charge < -0.3 is 0 Å². The Bertz CT molecular complexity index is 964. The first-order valence-corrected chi connectivity index (χ1v) is 10.3. The summed E-state index contributed by atoms with van der Waals surface area (Å²) in [5.74, 6) is 0.0155. The summed E-state index contributed by atoms with van der Waals surface area (Å²) in [6.45, 7) is 0. The Labute approximate surface area is 155 Å². The fourth-order valence-corrected chi connectivity index (χ4v) is 5.18. The molecule has 0 amide bonds. The van der Waals surface area contributed by atoms with E-state index in [0.29, 0.717) is 12.0 Å². The average Bonchev–Trinajstić information content (AvgIpc) is 3.36. The van der Waals surface area contributed by atoms with Crippen molar-refractivity contribution >= 4 is 10.0 Å². The Morgan fingerprint density at radius 1 is 1.19 bits per heavy atom. The van der Waals surface area contributed by atoms with E-state index < -0.39 is 27.8 Å². The molecule has 1 heterocycles. The molecule has 0 aliphatic heterocycles. The van der Waals surface area contributed by atoms with Gasteiger partial charge in [-0.25, -0.2) is 8.42 Å². The normalized spacial score (nSPS) is 20.7. The highest BCUT2D eigenvalue weighted by atomic mass is 32.2. The summed E-state index contributed by atoms with van der Waals surface area (Å²) in [7, 11) is -2.65. The number of nitrogens with zero attached hydrogens (tertiary/aromatic N) is 2. The number of sulfonamides is 1. The van der Waals surface area contributed by atoms with Gasteiger partial charge >= 0.3 is 6.18 Å². The molecule has 27 heavy (non-hydrogen) atoms. The summed E-state index contributed by atoms with van der Waals surface area (Å²) in [5.41, 5.74) is 1.22. The molecule has 2 aromatic rings. The Balaban J connectivity index is 1.75. The van der Waals surface area contributed by atoms with Crippen LogP contribution in [0, 0.1) is 0 Å². The highest BCUT2D eigenvalue weighted by molar-refractivity contribution is 7.89. The first kappa shape index (κ1) is 18.5. The van der Waals surface area contributed by atoms with Crippen molar-refractivity contribution in [2.24, 2.45) is 0 Å². The molecule has 0 bridgehead atoms. The van der Waals surface area contributed by atoms with Crippen LogP contribution in [-0.4, -0.2) is 30.0 Å². The van der Waals surface area contributed by atoms with E-state index in [9.17, 15) is 21.6 Å². The number of rotatable bonds is 4. The number of nitrogens with one attached hydrogen (secondary N) is 1. The van der Waals surface area contributed by atoms with Gasteiger partial charge in [0, 0.05) is 18.3 Å². The zero-order valence-electron chi connectivity index (χ0n) is 14.8. The van der Waals surface area contributed by atoms with Gasteiger partial charge in [0.15, 0.2) is 0 Å². The number of aryl methyl sites for hydroxylation is 1. The van der Waals surface area contributed by atoms with Gasteiger partial charge in [-0.3, -0.25) is 5.10 Å². The first-order chi connectivity index (χ1) is 12.7. The first-order valence-electron chi connectivity index (χ1n) is 8.90. The Morgan fingerprint density at radius 2 is 1.93 bits per heavy atom. The molecule has 0 radical (unpaired) electrons. The fraction of sp³-hybridized carbons (Fsp3) is 0.500. The van der Waals surface area contributed by atoms with Crippen LogP contribution in [0.15, 0.2) is 29.3 Å². The summed E-state index contributed by atoms with van der Waals surface area (Å²) in [4.78, 5) is -0.294. The largest absolute Gasteiger partial charge is 0.416 e. The van der Waals surface area contributed by atoms with Crippen molar-refractivity contribution in [1.82, 2.24) is 14.5 Å². The molecule has 1 aromatic carbocycles. The van der Waals surface area contributed by atoms with Crippen LogP contribution in [0.1, 0.15) is 60.0 Å². The molecule has 1 saturated carbocycles. The number of H-pyrrole nitrogens is 1. The number of aromatic amines is 1. The highest BCUT2D eigenvalue weighted by Gasteiger charge is 2.38. The molecule has 146 valence electrons. The van der Waals surface area contributed by atoms with E-state index in [0.717, 1.165) is 49.1 Å². The maximum Gasteiger partial charge on any atom is 0.416 e. The summed E-state index contributed by atoms with van der Waals surface area (Å²) in [6.07, 6.45) is 0.778. The van der Waals surface area contributed by atoms with E-state index in [1.807, 2.05) is 0 Å². The number of halogens is 3. The molecule has 9 heteroatoms. The van der Waals surface area contributed by atoms with Gasteiger partial charge in [0.1, 0.15) is 0 Å². The molecule has 1 fully saturated rings. The Kier molecular flexibility index (Phi) is 4.34. The molecule has 1 atom stereocenters. The molecule has 5 nitrogen and oxygen atoms in total. The summed E-state index contributed by atoms with van der Waals surface area (Å²) in [6, 6.07) is 2.79. The minimum Gasteiger partial charge on any atom is -0.282 e. The van der Waals surface area contributed by atoms with Crippen molar-refractivity contribution in [3.8, 4) is 0 Å². The van der Waals surface area contributed by atoms with Crippen LogP contribution in [-0.2, 0) is 22.6 Å². The predicted molar refractivity (Wildman–Crippen MR) is 92.6 cm³/mol. The lowest BCUT2D eigenvalue weighted by Crippen LogP contribution is -2.33. The van der Waals surface area contributed by atoms with Crippen molar-refractivity contribution in [3.05, 3.63) is 46.8 Å². The summed E-state index contributed by atoms with van der Waals surface area (Å²) >= 11 is 0. The standard InChI is InChI=1S/C18H20F3N3O2S/c1-24(17-4-2-3-16-15(17)10-22-23-16)27(25,26)14-8-12(11-5-6-11)7-13(9-14)18(19,20)21/h7-11,17H,2-6H2,1H3,(H,22,23)/t17-/m1/s1. The third-order valence-corrected chi connectivity index (χ3v) is 7.28. The van der Waals surface area contributed by atoms with E-state index in [1.54, 1.807) is 6.20 Å². The van der Waals surface area contributed by atoms with E-state index in [1.165, 1.54) is 17.4 Å². The third kappa shape index (κ3) is 3.38. The van der Waals surface area contributed by atoms with E-state index >= 15 is 0 Å².